The van der Waals surface area contributed by atoms with E-state index in [1.807, 2.05) is 0 Å². The first kappa shape index (κ1) is 13.3. The van der Waals surface area contributed by atoms with Crippen LogP contribution in [0.2, 0.25) is 0 Å². The van der Waals surface area contributed by atoms with Crippen molar-refractivity contribution in [3.8, 4) is 0 Å². The van der Waals surface area contributed by atoms with Crippen LogP contribution in [0, 0.1) is 5.41 Å². The molecule has 0 aromatic carbocycles. The van der Waals surface area contributed by atoms with Crippen molar-refractivity contribution in [3.05, 3.63) is 0 Å². The molecule has 1 saturated carbocycles. The zero-order valence-electron chi connectivity index (χ0n) is 10.2. The fraction of sp³-hybridized carbons (Fsp3) is 1.00. The molecule has 1 rings (SSSR count). The fourth-order valence-corrected chi connectivity index (χ4v) is 2.98. The van der Waals surface area contributed by atoms with Crippen LogP contribution < -0.4 is 0 Å². The van der Waals surface area contributed by atoms with Gasteiger partial charge in [-0.3, -0.25) is 0 Å². The Morgan fingerprint density at radius 3 is 2.47 bits per heavy atom. The summed E-state index contributed by atoms with van der Waals surface area (Å²) < 4.78 is 5.11. The molecule has 0 amide bonds. The first-order chi connectivity index (χ1) is 7.22. The topological polar surface area (TPSA) is 12.5 Å². The lowest BCUT2D eigenvalue weighted by Crippen LogP contribution is -2.39. The summed E-state index contributed by atoms with van der Waals surface area (Å²) in [6, 6.07) is 0. The van der Waals surface area contributed by atoms with E-state index in [4.69, 9.17) is 4.74 Å². The molecule has 0 aliphatic heterocycles. The number of hydrogen-bond donors (Lipinski definition) is 1. The Kier molecular flexibility index (Phi) is 6.02. The van der Waals surface area contributed by atoms with E-state index in [2.05, 4.69) is 24.6 Å². The molecule has 0 atom stereocenters. The van der Waals surface area contributed by atoms with Gasteiger partial charge in [-0.15, -0.1) is 0 Å². The van der Waals surface area contributed by atoms with Crippen LogP contribution in [-0.2, 0) is 4.74 Å². The number of nitrogens with zero attached hydrogens (tertiary/aromatic N) is 1. The molecule has 0 radical (unpaired) electrons. The summed E-state index contributed by atoms with van der Waals surface area (Å²) in [6.07, 6.45) is 6.90. The van der Waals surface area contributed by atoms with Gasteiger partial charge in [0.05, 0.1) is 6.61 Å². The van der Waals surface area contributed by atoms with Crippen molar-refractivity contribution in [2.24, 2.45) is 5.41 Å². The van der Waals surface area contributed by atoms with Crippen LogP contribution >= 0.6 is 12.6 Å². The lowest BCUT2D eigenvalue weighted by molar-refractivity contribution is 0.111. The predicted molar refractivity (Wildman–Crippen MR) is 68.7 cm³/mol. The second-order valence-corrected chi connectivity index (χ2v) is 5.27. The minimum absolute atomic E-state index is 0.476. The highest BCUT2D eigenvalue weighted by Crippen LogP contribution is 2.37. The third kappa shape index (κ3) is 4.33. The number of ether oxygens (including phenoxy) is 1. The van der Waals surface area contributed by atoms with E-state index in [9.17, 15) is 0 Å². The summed E-state index contributed by atoms with van der Waals surface area (Å²) >= 11 is 4.56. The smallest absolute Gasteiger partial charge is 0.0589 e. The van der Waals surface area contributed by atoms with Gasteiger partial charge in [-0.05, 0) is 31.1 Å². The summed E-state index contributed by atoms with van der Waals surface area (Å²) in [6.45, 7) is 3.05. The number of thiol groups is 1. The molecular weight excluding hydrogens is 206 g/mol. The van der Waals surface area contributed by atoms with Crippen molar-refractivity contribution in [1.29, 1.82) is 0 Å². The summed E-state index contributed by atoms with van der Waals surface area (Å²) in [5, 5.41) is 0. The average molecular weight is 231 g/mol. The van der Waals surface area contributed by atoms with Gasteiger partial charge in [0, 0.05) is 20.2 Å². The highest BCUT2D eigenvalue weighted by Gasteiger charge is 2.31. The van der Waals surface area contributed by atoms with Gasteiger partial charge in [-0.25, -0.2) is 0 Å². The molecule has 0 aromatic rings. The molecule has 0 heterocycles. The first-order valence-corrected chi connectivity index (χ1v) is 6.64. The Morgan fingerprint density at radius 2 is 1.93 bits per heavy atom. The summed E-state index contributed by atoms with van der Waals surface area (Å²) in [5.41, 5.74) is 0.476. The van der Waals surface area contributed by atoms with E-state index < -0.39 is 0 Å². The minimum Gasteiger partial charge on any atom is -0.383 e. The molecule has 1 fully saturated rings. The van der Waals surface area contributed by atoms with E-state index in [1.165, 1.54) is 38.6 Å². The standard InChI is InChI=1S/C12H25NOS/c1-13(8-9-14-2)10-12(11-15)6-4-3-5-7-12/h15H,3-11H2,1-2H3. The van der Waals surface area contributed by atoms with Crippen LogP contribution in [0.15, 0.2) is 0 Å². The molecule has 0 spiro atoms. The monoisotopic (exact) mass is 231 g/mol. The molecule has 0 saturated heterocycles. The van der Waals surface area contributed by atoms with Crippen molar-refractivity contribution >= 4 is 12.6 Å². The lowest BCUT2D eigenvalue weighted by Gasteiger charge is -2.39. The molecule has 3 heteroatoms. The Balaban J connectivity index is 2.37. The van der Waals surface area contributed by atoms with Gasteiger partial charge < -0.3 is 9.64 Å². The van der Waals surface area contributed by atoms with Gasteiger partial charge in [0.2, 0.25) is 0 Å². The molecule has 0 aromatic heterocycles. The molecule has 90 valence electrons. The maximum Gasteiger partial charge on any atom is 0.0589 e. The molecule has 1 aliphatic carbocycles. The van der Waals surface area contributed by atoms with Crippen molar-refractivity contribution in [3.63, 3.8) is 0 Å². The van der Waals surface area contributed by atoms with Gasteiger partial charge in [-0.2, -0.15) is 12.6 Å². The number of likely N-dealkylation sites (N-methyl/N-ethyl adjacent to an activating group) is 1. The van der Waals surface area contributed by atoms with Crippen molar-refractivity contribution in [2.45, 2.75) is 32.1 Å². The predicted octanol–water partition coefficient (Wildman–Crippen LogP) is 2.44. The summed E-state index contributed by atoms with van der Waals surface area (Å²) in [5.74, 6) is 1.03. The summed E-state index contributed by atoms with van der Waals surface area (Å²) in [4.78, 5) is 2.39. The van der Waals surface area contributed by atoms with Crippen molar-refractivity contribution in [2.75, 3.05) is 39.6 Å². The van der Waals surface area contributed by atoms with Gasteiger partial charge in [0.25, 0.3) is 0 Å². The first-order valence-electron chi connectivity index (χ1n) is 6.01. The van der Waals surface area contributed by atoms with Gasteiger partial charge in [0.1, 0.15) is 0 Å². The Hall–Kier alpha value is 0.270. The second-order valence-electron chi connectivity index (χ2n) is 4.95. The van der Waals surface area contributed by atoms with Gasteiger partial charge in [-0.1, -0.05) is 19.3 Å². The zero-order valence-corrected chi connectivity index (χ0v) is 11.1. The normalized spacial score (nSPS) is 20.8. The van der Waals surface area contributed by atoms with Crippen LogP contribution in [0.4, 0.5) is 0 Å². The van der Waals surface area contributed by atoms with Crippen molar-refractivity contribution in [1.82, 2.24) is 4.90 Å². The van der Waals surface area contributed by atoms with E-state index in [0.29, 0.717) is 5.41 Å². The Labute approximate surface area is 99.8 Å². The van der Waals surface area contributed by atoms with Crippen LogP contribution in [0.1, 0.15) is 32.1 Å². The quantitative estimate of drug-likeness (QED) is 0.705. The molecule has 0 bridgehead atoms. The molecular formula is C12H25NOS. The van der Waals surface area contributed by atoms with Crippen LogP contribution in [0.25, 0.3) is 0 Å². The van der Waals surface area contributed by atoms with Gasteiger partial charge in [0.15, 0.2) is 0 Å². The van der Waals surface area contributed by atoms with Crippen LogP contribution in [0.3, 0.4) is 0 Å². The molecule has 0 N–H and O–H groups in total. The second kappa shape index (κ2) is 6.77. The molecule has 2 nitrogen and oxygen atoms in total. The number of rotatable bonds is 6. The van der Waals surface area contributed by atoms with Gasteiger partial charge >= 0.3 is 0 Å². The maximum absolute atomic E-state index is 5.11. The lowest BCUT2D eigenvalue weighted by atomic mass is 9.75. The zero-order chi connectivity index (χ0) is 11.1. The SMILES string of the molecule is COCCN(C)CC1(CS)CCCCC1. The van der Waals surface area contributed by atoms with Crippen molar-refractivity contribution < 1.29 is 4.74 Å². The molecule has 0 unspecified atom stereocenters. The van der Waals surface area contributed by atoms with E-state index in [1.54, 1.807) is 7.11 Å². The summed E-state index contributed by atoms with van der Waals surface area (Å²) in [7, 11) is 3.96. The average Bonchev–Trinajstić information content (AvgIpc) is 2.27. The number of hydrogen-bond acceptors (Lipinski definition) is 3. The highest BCUT2D eigenvalue weighted by molar-refractivity contribution is 7.80. The number of methoxy groups -OCH3 is 1. The Bertz CT molecular complexity index is 169. The van der Waals surface area contributed by atoms with E-state index >= 15 is 0 Å². The van der Waals surface area contributed by atoms with E-state index in [-0.39, 0.29) is 0 Å². The maximum atomic E-state index is 5.11. The van der Waals surface area contributed by atoms with E-state index in [0.717, 1.165) is 18.9 Å². The third-order valence-electron chi connectivity index (χ3n) is 3.53. The molecule has 1 aliphatic rings. The van der Waals surface area contributed by atoms with Crippen LogP contribution in [-0.4, -0.2) is 44.5 Å². The molecule has 15 heavy (non-hydrogen) atoms. The fourth-order valence-electron chi connectivity index (χ4n) is 2.57. The van der Waals surface area contributed by atoms with Crippen LogP contribution in [0.5, 0.6) is 0 Å². The minimum atomic E-state index is 0.476. The largest absolute Gasteiger partial charge is 0.383 e. The highest BCUT2D eigenvalue weighted by atomic mass is 32.1. The third-order valence-corrected chi connectivity index (χ3v) is 4.20. The Morgan fingerprint density at radius 1 is 1.27 bits per heavy atom.